The molecule has 3 N–H and O–H groups in total. The zero-order chi connectivity index (χ0) is 12.8. The van der Waals surface area contributed by atoms with Gasteiger partial charge in [-0.3, -0.25) is 14.4 Å². The Morgan fingerprint density at radius 2 is 2.06 bits per heavy atom. The van der Waals surface area contributed by atoms with E-state index in [2.05, 4.69) is 15.6 Å². The van der Waals surface area contributed by atoms with E-state index in [1.807, 2.05) is 0 Å². The minimum absolute atomic E-state index is 0.0241. The first-order valence-electron chi connectivity index (χ1n) is 4.67. The van der Waals surface area contributed by atoms with E-state index < -0.39 is 24.3 Å². The Hall–Kier alpha value is -2.38. The van der Waals surface area contributed by atoms with Crippen LogP contribution in [-0.4, -0.2) is 41.0 Å². The van der Waals surface area contributed by atoms with E-state index in [0.717, 1.165) is 6.39 Å². The SMILES string of the molecule is Cc1ncoc1C(=O)NCC(=O)NCC(=O)O. The molecule has 0 saturated carbocycles. The van der Waals surface area contributed by atoms with Crippen LogP contribution in [0.3, 0.4) is 0 Å². The maximum Gasteiger partial charge on any atom is 0.322 e. The molecular weight excluding hydrogens is 230 g/mol. The number of hydrogen-bond acceptors (Lipinski definition) is 5. The second kappa shape index (κ2) is 5.64. The monoisotopic (exact) mass is 241 g/mol. The molecule has 0 unspecified atom stereocenters. The Morgan fingerprint density at radius 3 is 2.59 bits per heavy atom. The maximum atomic E-state index is 11.4. The van der Waals surface area contributed by atoms with Gasteiger partial charge in [-0.2, -0.15) is 0 Å². The van der Waals surface area contributed by atoms with Crippen molar-refractivity contribution in [2.75, 3.05) is 13.1 Å². The first kappa shape index (κ1) is 12.7. The van der Waals surface area contributed by atoms with Gasteiger partial charge in [0.2, 0.25) is 11.7 Å². The fourth-order valence-corrected chi connectivity index (χ4v) is 0.997. The van der Waals surface area contributed by atoms with Crippen LogP contribution in [-0.2, 0) is 9.59 Å². The van der Waals surface area contributed by atoms with Crippen molar-refractivity contribution in [3.05, 3.63) is 17.8 Å². The van der Waals surface area contributed by atoms with Crippen molar-refractivity contribution in [2.24, 2.45) is 0 Å². The highest BCUT2D eigenvalue weighted by Crippen LogP contribution is 2.03. The molecule has 92 valence electrons. The number of aryl methyl sites for hydroxylation is 1. The summed E-state index contributed by atoms with van der Waals surface area (Å²) in [5.41, 5.74) is 0.411. The highest BCUT2D eigenvalue weighted by Gasteiger charge is 2.14. The summed E-state index contributed by atoms with van der Waals surface area (Å²) in [7, 11) is 0. The molecule has 1 heterocycles. The van der Waals surface area contributed by atoms with Gasteiger partial charge in [0.05, 0.1) is 12.2 Å². The highest BCUT2D eigenvalue weighted by molar-refractivity contribution is 5.95. The summed E-state index contributed by atoms with van der Waals surface area (Å²) in [5.74, 6) is -2.31. The number of aliphatic carboxylic acids is 1. The van der Waals surface area contributed by atoms with Crippen molar-refractivity contribution < 1.29 is 23.9 Å². The van der Waals surface area contributed by atoms with Crippen LogP contribution in [0.1, 0.15) is 16.2 Å². The lowest BCUT2D eigenvalue weighted by molar-refractivity contribution is -0.137. The van der Waals surface area contributed by atoms with E-state index in [4.69, 9.17) is 9.52 Å². The Balaban J connectivity index is 2.36. The number of rotatable bonds is 5. The largest absolute Gasteiger partial charge is 0.480 e. The number of hydrogen-bond donors (Lipinski definition) is 3. The molecule has 0 aromatic carbocycles. The summed E-state index contributed by atoms with van der Waals surface area (Å²) in [6, 6.07) is 0. The number of nitrogens with one attached hydrogen (secondary N) is 2. The van der Waals surface area contributed by atoms with Gasteiger partial charge < -0.3 is 20.2 Å². The van der Waals surface area contributed by atoms with Crippen LogP contribution >= 0.6 is 0 Å². The van der Waals surface area contributed by atoms with Crippen molar-refractivity contribution in [3.8, 4) is 0 Å². The number of carboxylic acid groups (broad SMARTS) is 1. The summed E-state index contributed by atoms with van der Waals surface area (Å²) in [6.07, 6.45) is 1.12. The number of amides is 2. The molecule has 8 heteroatoms. The normalized spacial score (nSPS) is 9.71. The standard InChI is InChI=1S/C9H11N3O5/c1-5-8(17-4-12-5)9(16)11-2-6(13)10-3-7(14)15/h4H,2-3H2,1H3,(H,10,13)(H,11,16)(H,14,15). The smallest absolute Gasteiger partial charge is 0.322 e. The van der Waals surface area contributed by atoms with Gasteiger partial charge in [-0.1, -0.05) is 0 Å². The number of aromatic nitrogens is 1. The van der Waals surface area contributed by atoms with Crippen molar-refractivity contribution >= 4 is 17.8 Å². The summed E-state index contributed by atoms with van der Waals surface area (Å²) >= 11 is 0. The van der Waals surface area contributed by atoms with Crippen LogP contribution in [0.15, 0.2) is 10.8 Å². The minimum atomic E-state index is -1.16. The number of oxazole rings is 1. The lowest BCUT2D eigenvalue weighted by atomic mass is 10.3. The molecule has 0 spiro atoms. The second-order valence-electron chi connectivity index (χ2n) is 3.12. The van der Waals surface area contributed by atoms with Crippen LogP contribution in [0.4, 0.5) is 0 Å². The molecule has 0 atom stereocenters. The van der Waals surface area contributed by atoms with Gasteiger partial charge in [-0.15, -0.1) is 0 Å². The molecule has 8 nitrogen and oxygen atoms in total. The molecule has 0 fully saturated rings. The molecule has 0 radical (unpaired) electrons. The van der Waals surface area contributed by atoms with Crippen LogP contribution in [0.25, 0.3) is 0 Å². The van der Waals surface area contributed by atoms with E-state index >= 15 is 0 Å². The molecule has 0 aliphatic rings. The molecule has 0 saturated heterocycles. The molecule has 0 bridgehead atoms. The van der Waals surface area contributed by atoms with E-state index in [9.17, 15) is 14.4 Å². The second-order valence-corrected chi connectivity index (χ2v) is 3.12. The average Bonchev–Trinajstić information content (AvgIpc) is 2.69. The molecule has 0 aliphatic carbocycles. The van der Waals surface area contributed by atoms with Crippen molar-refractivity contribution in [2.45, 2.75) is 6.92 Å². The molecule has 0 aliphatic heterocycles. The van der Waals surface area contributed by atoms with Gasteiger partial charge >= 0.3 is 5.97 Å². The Bertz CT molecular complexity index is 440. The molecule has 1 aromatic heterocycles. The van der Waals surface area contributed by atoms with Gasteiger partial charge in [-0.25, -0.2) is 4.98 Å². The number of nitrogens with zero attached hydrogens (tertiary/aromatic N) is 1. The number of carbonyl (C=O) groups is 3. The third kappa shape index (κ3) is 3.93. The predicted octanol–water partition coefficient (Wildman–Crippen LogP) is -1.09. The average molecular weight is 241 g/mol. The fraction of sp³-hybridized carbons (Fsp3) is 0.333. The van der Waals surface area contributed by atoms with Gasteiger partial charge in [0.15, 0.2) is 6.39 Å². The first-order valence-corrected chi connectivity index (χ1v) is 4.67. The van der Waals surface area contributed by atoms with Crippen molar-refractivity contribution in [1.82, 2.24) is 15.6 Å². The molecule has 1 aromatic rings. The molecule has 2 amide bonds. The Kier molecular flexibility index (Phi) is 4.21. The van der Waals surface area contributed by atoms with Gasteiger partial charge in [-0.05, 0) is 6.92 Å². The highest BCUT2D eigenvalue weighted by atomic mass is 16.4. The third-order valence-corrected chi connectivity index (χ3v) is 1.80. The van der Waals surface area contributed by atoms with E-state index in [0.29, 0.717) is 5.69 Å². The van der Waals surface area contributed by atoms with E-state index in [1.165, 1.54) is 0 Å². The van der Waals surface area contributed by atoms with Gasteiger partial charge in [0.1, 0.15) is 6.54 Å². The molecule has 1 rings (SSSR count). The number of carboxylic acids is 1. The lowest BCUT2D eigenvalue weighted by Crippen LogP contribution is -2.39. The quantitative estimate of drug-likeness (QED) is 0.602. The van der Waals surface area contributed by atoms with E-state index in [-0.39, 0.29) is 12.3 Å². The topological polar surface area (TPSA) is 122 Å². The zero-order valence-electron chi connectivity index (χ0n) is 9.02. The minimum Gasteiger partial charge on any atom is -0.480 e. The number of carbonyl (C=O) groups excluding carboxylic acids is 2. The van der Waals surface area contributed by atoms with Crippen LogP contribution in [0.5, 0.6) is 0 Å². The van der Waals surface area contributed by atoms with Crippen LogP contribution in [0, 0.1) is 6.92 Å². The summed E-state index contributed by atoms with van der Waals surface area (Å²) in [6.45, 7) is 0.769. The summed E-state index contributed by atoms with van der Waals surface area (Å²) in [5, 5.41) is 12.7. The Morgan fingerprint density at radius 1 is 1.35 bits per heavy atom. The van der Waals surface area contributed by atoms with Crippen LogP contribution in [0.2, 0.25) is 0 Å². The first-order chi connectivity index (χ1) is 8.00. The molecular formula is C9H11N3O5. The van der Waals surface area contributed by atoms with Gasteiger partial charge in [0.25, 0.3) is 5.91 Å². The zero-order valence-corrected chi connectivity index (χ0v) is 9.02. The predicted molar refractivity (Wildman–Crippen MR) is 54.2 cm³/mol. The van der Waals surface area contributed by atoms with E-state index in [1.54, 1.807) is 6.92 Å². The summed E-state index contributed by atoms with van der Waals surface area (Å²) in [4.78, 5) is 36.4. The Labute approximate surface area is 96.0 Å². The fourth-order valence-electron chi connectivity index (χ4n) is 0.997. The third-order valence-electron chi connectivity index (χ3n) is 1.80. The van der Waals surface area contributed by atoms with Crippen LogP contribution < -0.4 is 10.6 Å². The van der Waals surface area contributed by atoms with Crippen molar-refractivity contribution in [3.63, 3.8) is 0 Å². The maximum absolute atomic E-state index is 11.4. The molecule has 17 heavy (non-hydrogen) atoms. The van der Waals surface area contributed by atoms with Crippen molar-refractivity contribution in [1.29, 1.82) is 0 Å². The lowest BCUT2D eigenvalue weighted by Gasteiger charge is -2.03. The summed E-state index contributed by atoms with van der Waals surface area (Å²) < 4.78 is 4.81. The van der Waals surface area contributed by atoms with Gasteiger partial charge in [0, 0.05) is 0 Å².